The molecule has 5 aliphatic rings. The number of aliphatic hydroxyl groups is 1. The Morgan fingerprint density at radius 2 is 1.89 bits per heavy atom. The predicted octanol–water partition coefficient (Wildman–Crippen LogP) is 3.99. The fourth-order valence-electron chi connectivity index (χ4n) is 9.25. The minimum Gasteiger partial charge on any atom is -0.351 e. The maximum absolute atomic E-state index is 14.3. The second kappa shape index (κ2) is 10.4. The number of aromatic nitrogens is 1. The molecule has 0 spiro atoms. The van der Waals surface area contributed by atoms with Crippen molar-refractivity contribution in [2.24, 2.45) is 5.92 Å². The van der Waals surface area contributed by atoms with Crippen LogP contribution in [0, 0.1) is 5.92 Å². The quantitative estimate of drug-likeness (QED) is 0.433. The molecular formula is C35H37F3N4O5. The van der Waals surface area contributed by atoms with E-state index in [1.165, 1.54) is 11.8 Å². The topological polar surface area (TPSA) is 106 Å². The van der Waals surface area contributed by atoms with Gasteiger partial charge in [0.15, 0.2) is 5.60 Å². The largest absolute Gasteiger partial charge is 0.431 e. The summed E-state index contributed by atoms with van der Waals surface area (Å²) < 4.78 is 48.2. The Balaban J connectivity index is 1.08. The van der Waals surface area contributed by atoms with Gasteiger partial charge < -0.3 is 24.6 Å². The van der Waals surface area contributed by atoms with Gasteiger partial charge in [0.2, 0.25) is 5.91 Å². The zero-order chi connectivity index (χ0) is 33.0. The number of nitrogens with zero attached hydrogens (tertiary/aromatic N) is 3. The van der Waals surface area contributed by atoms with Gasteiger partial charge >= 0.3 is 6.18 Å². The first kappa shape index (κ1) is 30.6. The highest BCUT2D eigenvalue weighted by molar-refractivity contribution is 5.98. The number of rotatable bonds is 5. The number of halogens is 3. The van der Waals surface area contributed by atoms with Crippen LogP contribution in [0.3, 0.4) is 0 Å². The number of fused-ring (bicyclic) bond motifs is 5. The molecule has 2 aromatic carbocycles. The zero-order valence-electron chi connectivity index (χ0n) is 26.2. The van der Waals surface area contributed by atoms with Gasteiger partial charge in [-0.1, -0.05) is 42.5 Å². The van der Waals surface area contributed by atoms with E-state index in [4.69, 9.17) is 4.74 Å². The van der Waals surface area contributed by atoms with E-state index in [1.54, 1.807) is 17.0 Å². The number of ketones is 1. The van der Waals surface area contributed by atoms with Gasteiger partial charge in [0, 0.05) is 54.7 Å². The number of alkyl halides is 3. The molecule has 1 aliphatic carbocycles. The molecule has 4 aliphatic heterocycles. The Labute approximate surface area is 269 Å². The smallest absolute Gasteiger partial charge is 0.351 e. The van der Waals surface area contributed by atoms with E-state index in [-0.39, 0.29) is 48.5 Å². The first-order chi connectivity index (χ1) is 22.3. The van der Waals surface area contributed by atoms with Crippen molar-refractivity contribution in [1.29, 1.82) is 0 Å². The van der Waals surface area contributed by atoms with Crippen molar-refractivity contribution >= 4 is 28.5 Å². The molecule has 3 aromatic rings. The molecule has 248 valence electrons. The lowest BCUT2D eigenvalue weighted by Crippen LogP contribution is -2.71. The zero-order valence-corrected chi connectivity index (χ0v) is 26.2. The van der Waals surface area contributed by atoms with Gasteiger partial charge in [-0.25, -0.2) is 0 Å². The molecule has 1 aromatic heterocycles. The number of carbonyl (C=O) groups excluding carboxylic acids is 3. The van der Waals surface area contributed by atoms with Gasteiger partial charge in [0.1, 0.15) is 23.6 Å². The Kier molecular flexibility index (Phi) is 6.75. The number of piperidine rings is 1. The van der Waals surface area contributed by atoms with Crippen molar-refractivity contribution in [3.63, 3.8) is 0 Å². The first-order valence-corrected chi connectivity index (χ1v) is 16.3. The maximum Gasteiger partial charge on any atom is 0.431 e. The fourth-order valence-corrected chi connectivity index (χ4v) is 9.25. The molecule has 3 unspecified atom stereocenters. The van der Waals surface area contributed by atoms with Crippen LogP contribution in [-0.2, 0) is 38.1 Å². The van der Waals surface area contributed by atoms with E-state index in [2.05, 4.69) is 4.98 Å². The predicted molar refractivity (Wildman–Crippen MR) is 164 cm³/mol. The standard InChI is InChI=1S/C35H37F3N4O5/c1-33(32(45)42-26(14-19-8-4-3-5-9-19)31(44)41-13-7-12-28(41)35(42,46)47-33)17-27(43)20-15-22-21-10-6-11-24-29(21)23(16-25(22)40(2)18-20)30(39-24)34(36,37)38/h3-6,8-11,20,22,25-26,28,39,46H,7,12-18H2,1-2H3/t20-,22?,25?,26+,28?,33+,35+/m1/s1. The molecule has 0 saturated carbocycles. The molecule has 47 heavy (non-hydrogen) atoms. The van der Waals surface area contributed by atoms with Crippen LogP contribution < -0.4 is 0 Å². The van der Waals surface area contributed by atoms with Crippen LogP contribution in [0.1, 0.15) is 60.9 Å². The van der Waals surface area contributed by atoms with Gasteiger partial charge in [-0.05, 0) is 62.4 Å². The second-order valence-electron chi connectivity index (χ2n) is 14.2. The van der Waals surface area contributed by atoms with Crippen molar-refractivity contribution in [3.05, 3.63) is 70.9 Å². The van der Waals surface area contributed by atoms with E-state index in [0.29, 0.717) is 43.3 Å². The number of hydrogen-bond donors (Lipinski definition) is 2. The van der Waals surface area contributed by atoms with Crippen LogP contribution in [0.15, 0.2) is 48.5 Å². The summed E-state index contributed by atoms with van der Waals surface area (Å²) in [5.41, 5.74) is -0.0880. The number of aromatic amines is 1. The summed E-state index contributed by atoms with van der Waals surface area (Å²) in [5, 5.41) is 12.7. The van der Waals surface area contributed by atoms with Crippen LogP contribution in [0.2, 0.25) is 0 Å². The summed E-state index contributed by atoms with van der Waals surface area (Å²) in [6.45, 7) is 2.30. The van der Waals surface area contributed by atoms with Crippen molar-refractivity contribution in [2.75, 3.05) is 20.1 Å². The molecule has 8 rings (SSSR count). The molecule has 4 saturated heterocycles. The van der Waals surface area contributed by atoms with E-state index in [1.807, 2.05) is 48.3 Å². The number of carbonyl (C=O) groups is 3. The number of H-pyrrole nitrogens is 1. The minimum atomic E-state index is -4.51. The summed E-state index contributed by atoms with van der Waals surface area (Å²) in [6, 6.07) is 12.6. The minimum absolute atomic E-state index is 0.181. The van der Waals surface area contributed by atoms with Gasteiger partial charge in [-0.15, -0.1) is 0 Å². The average molecular weight is 651 g/mol. The number of amides is 2. The summed E-state index contributed by atoms with van der Waals surface area (Å²) in [6.07, 6.45) is -2.85. The Hall–Kier alpha value is -3.74. The highest BCUT2D eigenvalue weighted by Gasteiger charge is 2.69. The normalized spacial score (nSPS) is 33.7. The second-order valence-corrected chi connectivity index (χ2v) is 14.2. The van der Waals surface area contributed by atoms with Crippen LogP contribution in [-0.4, -0.2) is 92.2 Å². The number of benzene rings is 2. The first-order valence-electron chi connectivity index (χ1n) is 16.3. The summed E-state index contributed by atoms with van der Waals surface area (Å²) in [5.74, 6) is -3.80. The lowest BCUT2D eigenvalue weighted by molar-refractivity contribution is -0.312. The third-order valence-corrected chi connectivity index (χ3v) is 11.3. The van der Waals surface area contributed by atoms with E-state index < -0.39 is 47.3 Å². The number of likely N-dealkylation sites (N-methyl/N-ethyl adjacent to an activating group) is 1. The molecule has 0 bridgehead atoms. The Bertz CT molecular complexity index is 1790. The molecule has 4 fully saturated rings. The van der Waals surface area contributed by atoms with Crippen LogP contribution in [0.5, 0.6) is 0 Å². The summed E-state index contributed by atoms with van der Waals surface area (Å²) in [4.78, 5) is 49.5. The molecule has 2 amide bonds. The number of ether oxygens (including phenoxy) is 1. The van der Waals surface area contributed by atoms with Gasteiger partial charge in [0.05, 0.1) is 0 Å². The summed E-state index contributed by atoms with van der Waals surface area (Å²) in [7, 11) is 1.83. The number of piperazine rings is 1. The molecule has 12 heteroatoms. The van der Waals surface area contributed by atoms with E-state index in [0.717, 1.165) is 11.1 Å². The highest BCUT2D eigenvalue weighted by atomic mass is 19.4. The Morgan fingerprint density at radius 1 is 1.13 bits per heavy atom. The Morgan fingerprint density at radius 3 is 2.64 bits per heavy atom. The summed E-state index contributed by atoms with van der Waals surface area (Å²) >= 11 is 0. The van der Waals surface area contributed by atoms with E-state index >= 15 is 0 Å². The molecule has 9 nitrogen and oxygen atoms in total. The van der Waals surface area contributed by atoms with Crippen molar-refractivity contribution < 1.29 is 37.4 Å². The van der Waals surface area contributed by atoms with Gasteiger partial charge in [-0.3, -0.25) is 19.3 Å². The van der Waals surface area contributed by atoms with Gasteiger partial charge in [-0.2, -0.15) is 13.2 Å². The van der Waals surface area contributed by atoms with E-state index in [9.17, 15) is 32.7 Å². The molecule has 7 atom stereocenters. The van der Waals surface area contributed by atoms with Crippen molar-refractivity contribution in [3.8, 4) is 0 Å². The molecule has 5 heterocycles. The average Bonchev–Trinajstić information content (AvgIpc) is 3.72. The highest BCUT2D eigenvalue weighted by Crippen LogP contribution is 2.50. The monoisotopic (exact) mass is 650 g/mol. The third kappa shape index (κ3) is 4.51. The maximum atomic E-state index is 14.3. The van der Waals surface area contributed by atoms with Crippen LogP contribution in [0.25, 0.3) is 10.9 Å². The third-order valence-electron chi connectivity index (χ3n) is 11.3. The molecular weight excluding hydrogens is 613 g/mol. The SMILES string of the molecule is CN1C[C@H](C(=O)C[C@]2(C)O[C@@]3(O)C4CCCN4C(=O)[C@H](Cc4ccccc4)N3C2=O)CC2c3cccc4[nH]c(C(F)(F)F)c(c34)CC21. The number of Topliss-reactive ketones (excluding diaryl/α,β-unsaturated/α-hetero) is 1. The lowest BCUT2D eigenvalue weighted by Gasteiger charge is -2.49. The number of hydrogen-bond acceptors (Lipinski definition) is 6. The van der Waals surface area contributed by atoms with Crippen LogP contribution in [0.4, 0.5) is 13.2 Å². The van der Waals surface area contributed by atoms with Crippen LogP contribution >= 0.6 is 0 Å². The number of likely N-dealkylation sites (tertiary alicyclic amines) is 1. The van der Waals surface area contributed by atoms with Crippen molar-refractivity contribution in [2.45, 2.75) is 87.2 Å². The molecule has 0 radical (unpaired) electrons. The molecule has 2 N–H and O–H groups in total. The van der Waals surface area contributed by atoms with Crippen molar-refractivity contribution in [1.82, 2.24) is 19.7 Å². The fraction of sp³-hybridized carbons (Fsp3) is 0.514. The lowest BCUT2D eigenvalue weighted by atomic mass is 9.70. The van der Waals surface area contributed by atoms with Gasteiger partial charge in [0.25, 0.3) is 11.8 Å². The number of nitrogens with one attached hydrogen (secondary N) is 1.